The zero-order valence-corrected chi connectivity index (χ0v) is 6.34. The zero-order valence-electron chi connectivity index (χ0n) is 6.34. The summed E-state index contributed by atoms with van der Waals surface area (Å²) in [6, 6.07) is 0. The van der Waals surface area contributed by atoms with Gasteiger partial charge in [-0.1, -0.05) is 32.6 Å². The molecule has 0 aliphatic heterocycles. The maximum Gasteiger partial charge on any atom is 0.293 e. The predicted octanol–water partition coefficient (Wildman–Crippen LogP) is 1.94. The minimum Gasteiger partial charge on any atom is -0.468 e. The third-order valence-electron chi connectivity index (χ3n) is 1.33. The summed E-state index contributed by atoms with van der Waals surface area (Å²) in [7, 11) is 0. The number of carbonyl (C=O) groups excluding carboxylic acids is 1. The van der Waals surface area contributed by atoms with Crippen LogP contribution in [0.25, 0.3) is 0 Å². The average Bonchev–Trinajstić information content (AvgIpc) is 1.97. The van der Waals surface area contributed by atoms with Gasteiger partial charge in [0.25, 0.3) is 6.47 Å². The first-order chi connectivity index (χ1) is 4.91. The Balaban J connectivity index is 2.70. The Hall–Kier alpha value is -0.530. The Morgan fingerprint density at radius 2 is 1.90 bits per heavy atom. The zero-order chi connectivity index (χ0) is 7.66. The van der Waals surface area contributed by atoms with Crippen LogP contribution in [0, 0.1) is 6.92 Å². The van der Waals surface area contributed by atoms with Crippen LogP contribution < -0.4 is 0 Å². The second-order valence-electron chi connectivity index (χ2n) is 2.23. The molecule has 0 N–H and O–H groups in total. The molecule has 0 rings (SSSR count). The Bertz CT molecular complexity index is 71.7. The molecular weight excluding hydrogens is 128 g/mol. The fraction of sp³-hybridized carbons (Fsp3) is 0.750. The van der Waals surface area contributed by atoms with Crippen molar-refractivity contribution in [1.29, 1.82) is 0 Å². The van der Waals surface area contributed by atoms with Crippen LogP contribution in [0.3, 0.4) is 0 Å². The van der Waals surface area contributed by atoms with E-state index in [1.165, 1.54) is 12.8 Å². The summed E-state index contributed by atoms with van der Waals surface area (Å²) in [6.07, 6.45) is 5.52. The largest absolute Gasteiger partial charge is 0.468 e. The van der Waals surface area contributed by atoms with Gasteiger partial charge >= 0.3 is 0 Å². The second kappa shape index (κ2) is 8.47. The van der Waals surface area contributed by atoms with Gasteiger partial charge in [0, 0.05) is 0 Å². The van der Waals surface area contributed by atoms with Crippen molar-refractivity contribution in [2.75, 3.05) is 6.61 Å². The fourth-order valence-corrected chi connectivity index (χ4v) is 0.764. The lowest BCUT2D eigenvalue weighted by molar-refractivity contribution is -0.128. The Morgan fingerprint density at radius 1 is 1.20 bits per heavy atom. The summed E-state index contributed by atoms with van der Waals surface area (Å²) in [5.74, 6) is 0. The highest BCUT2D eigenvalue weighted by Gasteiger charge is 1.87. The lowest BCUT2D eigenvalue weighted by atomic mass is 10.2. The van der Waals surface area contributed by atoms with Crippen molar-refractivity contribution in [3.8, 4) is 0 Å². The van der Waals surface area contributed by atoms with Gasteiger partial charge in [-0.3, -0.25) is 4.79 Å². The lowest BCUT2D eigenvalue weighted by Gasteiger charge is -1.97. The molecule has 0 aliphatic carbocycles. The van der Waals surface area contributed by atoms with Crippen molar-refractivity contribution in [3.63, 3.8) is 0 Å². The third-order valence-corrected chi connectivity index (χ3v) is 1.33. The Kier molecular flexibility index (Phi) is 8.02. The normalized spacial score (nSPS) is 9.30. The van der Waals surface area contributed by atoms with Crippen molar-refractivity contribution in [3.05, 3.63) is 6.92 Å². The summed E-state index contributed by atoms with van der Waals surface area (Å²) in [4.78, 5) is 9.66. The topological polar surface area (TPSA) is 26.3 Å². The summed E-state index contributed by atoms with van der Waals surface area (Å²) in [6.45, 7) is 4.80. The average molecular weight is 143 g/mol. The maximum atomic E-state index is 9.66. The van der Waals surface area contributed by atoms with Crippen LogP contribution in [-0.2, 0) is 9.53 Å². The quantitative estimate of drug-likeness (QED) is 0.402. The SMILES string of the molecule is [CH2]CCCCCCOC=O. The number of unbranched alkanes of at least 4 members (excludes halogenated alkanes) is 4. The molecule has 0 fully saturated rings. The van der Waals surface area contributed by atoms with E-state index in [1.807, 2.05) is 0 Å². The monoisotopic (exact) mass is 143 g/mol. The van der Waals surface area contributed by atoms with Crippen LogP contribution in [0.15, 0.2) is 0 Å². The number of carbonyl (C=O) groups is 1. The van der Waals surface area contributed by atoms with Gasteiger partial charge in [-0.05, 0) is 6.42 Å². The van der Waals surface area contributed by atoms with Gasteiger partial charge in [0.2, 0.25) is 0 Å². The number of rotatable bonds is 7. The molecule has 0 heterocycles. The van der Waals surface area contributed by atoms with Crippen LogP contribution in [0.2, 0.25) is 0 Å². The van der Waals surface area contributed by atoms with E-state index in [2.05, 4.69) is 11.7 Å². The molecule has 0 saturated heterocycles. The molecule has 1 radical (unpaired) electrons. The third kappa shape index (κ3) is 7.47. The fourth-order valence-electron chi connectivity index (χ4n) is 0.764. The first-order valence-electron chi connectivity index (χ1n) is 3.76. The standard InChI is InChI=1S/C8H15O2/c1-2-3-4-5-6-7-10-8-9/h8H,1-7H2. The van der Waals surface area contributed by atoms with Gasteiger partial charge < -0.3 is 4.74 Å². The molecule has 0 atom stereocenters. The van der Waals surface area contributed by atoms with E-state index in [0.717, 1.165) is 19.3 Å². The van der Waals surface area contributed by atoms with E-state index in [1.54, 1.807) is 0 Å². The van der Waals surface area contributed by atoms with Crippen LogP contribution in [0.4, 0.5) is 0 Å². The molecule has 0 bridgehead atoms. The summed E-state index contributed by atoms with van der Waals surface area (Å²) in [5, 5.41) is 0. The summed E-state index contributed by atoms with van der Waals surface area (Å²) >= 11 is 0. The highest BCUT2D eigenvalue weighted by Crippen LogP contribution is 2.01. The minimum atomic E-state index is 0.501. The van der Waals surface area contributed by atoms with Crippen LogP contribution in [-0.4, -0.2) is 13.1 Å². The molecule has 0 aromatic heterocycles. The van der Waals surface area contributed by atoms with Crippen molar-refractivity contribution in [2.45, 2.75) is 32.1 Å². The van der Waals surface area contributed by atoms with Gasteiger partial charge in [-0.2, -0.15) is 0 Å². The van der Waals surface area contributed by atoms with Gasteiger partial charge in [-0.25, -0.2) is 0 Å². The molecule has 0 aromatic carbocycles. The summed E-state index contributed by atoms with van der Waals surface area (Å²) in [5.41, 5.74) is 0. The van der Waals surface area contributed by atoms with E-state index < -0.39 is 0 Å². The van der Waals surface area contributed by atoms with E-state index >= 15 is 0 Å². The molecule has 0 aliphatic rings. The maximum absolute atomic E-state index is 9.66. The summed E-state index contributed by atoms with van der Waals surface area (Å²) < 4.78 is 4.52. The molecule has 0 spiro atoms. The van der Waals surface area contributed by atoms with Crippen molar-refractivity contribution in [2.24, 2.45) is 0 Å². The highest BCUT2D eigenvalue weighted by atomic mass is 16.5. The van der Waals surface area contributed by atoms with Crippen molar-refractivity contribution < 1.29 is 9.53 Å². The molecule has 0 aromatic rings. The highest BCUT2D eigenvalue weighted by molar-refractivity contribution is 5.36. The molecule has 2 nitrogen and oxygen atoms in total. The molecule has 0 saturated carbocycles. The van der Waals surface area contributed by atoms with E-state index in [9.17, 15) is 4.79 Å². The first-order valence-corrected chi connectivity index (χ1v) is 3.76. The first kappa shape index (κ1) is 9.47. The van der Waals surface area contributed by atoms with Gasteiger partial charge in [0.1, 0.15) is 0 Å². The minimum absolute atomic E-state index is 0.501. The predicted molar refractivity (Wildman–Crippen MR) is 40.5 cm³/mol. The smallest absolute Gasteiger partial charge is 0.293 e. The molecule has 0 unspecified atom stereocenters. The Morgan fingerprint density at radius 3 is 2.50 bits per heavy atom. The number of hydrogen-bond donors (Lipinski definition) is 0. The van der Waals surface area contributed by atoms with Crippen LogP contribution >= 0.6 is 0 Å². The van der Waals surface area contributed by atoms with Crippen LogP contribution in [0.1, 0.15) is 32.1 Å². The van der Waals surface area contributed by atoms with Gasteiger partial charge in [-0.15, -0.1) is 0 Å². The van der Waals surface area contributed by atoms with E-state index in [0.29, 0.717) is 13.1 Å². The van der Waals surface area contributed by atoms with E-state index in [-0.39, 0.29) is 0 Å². The van der Waals surface area contributed by atoms with Crippen LogP contribution in [0.5, 0.6) is 0 Å². The Labute approximate surface area is 62.6 Å². The van der Waals surface area contributed by atoms with Crippen molar-refractivity contribution in [1.82, 2.24) is 0 Å². The molecule has 59 valence electrons. The number of ether oxygens (including phenoxy) is 1. The van der Waals surface area contributed by atoms with E-state index in [4.69, 9.17) is 0 Å². The van der Waals surface area contributed by atoms with Crippen molar-refractivity contribution >= 4 is 6.47 Å². The molecule has 0 amide bonds. The van der Waals surface area contributed by atoms with Gasteiger partial charge in [0.05, 0.1) is 6.61 Å². The lowest BCUT2D eigenvalue weighted by Crippen LogP contribution is -1.90. The molecular formula is C8H15O2. The molecule has 2 heteroatoms. The van der Waals surface area contributed by atoms with Gasteiger partial charge in [0.15, 0.2) is 0 Å². The molecule has 10 heavy (non-hydrogen) atoms. The second-order valence-corrected chi connectivity index (χ2v) is 2.23. The number of hydrogen-bond acceptors (Lipinski definition) is 2.